The molecular weight excluding hydrogens is 285 g/mol. The molecule has 0 aliphatic heterocycles. The summed E-state index contributed by atoms with van der Waals surface area (Å²) in [7, 11) is 0. The Labute approximate surface area is 125 Å². The lowest BCUT2D eigenvalue weighted by molar-refractivity contribution is -0.115. The van der Waals surface area contributed by atoms with Crippen molar-refractivity contribution >= 4 is 11.6 Å². The van der Waals surface area contributed by atoms with Gasteiger partial charge < -0.3 is 9.84 Å². The molecule has 0 radical (unpaired) electrons. The second kappa shape index (κ2) is 6.17. The third kappa shape index (κ3) is 3.35. The number of nitrogens with one attached hydrogen (secondary N) is 1. The van der Waals surface area contributed by atoms with E-state index >= 15 is 0 Å². The van der Waals surface area contributed by atoms with Crippen LogP contribution in [0, 0.1) is 5.82 Å². The van der Waals surface area contributed by atoms with Gasteiger partial charge in [-0.15, -0.1) is 0 Å². The second-order valence-corrected chi connectivity index (χ2v) is 4.65. The third-order valence-electron chi connectivity index (χ3n) is 2.99. The molecule has 0 saturated heterocycles. The van der Waals surface area contributed by atoms with Gasteiger partial charge in [0.05, 0.1) is 12.1 Å². The summed E-state index contributed by atoms with van der Waals surface area (Å²) in [5.74, 6) is -0.0305. The molecule has 1 aromatic carbocycles. The molecule has 2 aromatic heterocycles. The van der Waals surface area contributed by atoms with E-state index in [0.717, 1.165) is 0 Å². The summed E-state index contributed by atoms with van der Waals surface area (Å²) in [6, 6.07) is 10.9. The first-order chi connectivity index (χ1) is 10.7. The molecule has 0 unspecified atom stereocenters. The molecule has 1 amide bonds. The van der Waals surface area contributed by atoms with Crippen molar-refractivity contribution in [2.75, 3.05) is 5.32 Å². The number of pyridine rings is 1. The summed E-state index contributed by atoms with van der Waals surface area (Å²) in [6.07, 6.45) is 3.28. The van der Waals surface area contributed by atoms with Gasteiger partial charge in [-0.3, -0.25) is 9.78 Å². The third-order valence-corrected chi connectivity index (χ3v) is 2.99. The maximum Gasteiger partial charge on any atom is 0.230 e. The average Bonchev–Trinajstić information content (AvgIpc) is 2.97. The van der Waals surface area contributed by atoms with E-state index in [1.165, 1.54) is 12.1 Å². The molecular formula is C16H12FN3O2. The number of hydrogen-bond donors (Lipinski definition) is 1. The number of rotatable bonds is 4. The summed E-state index contributed by atoms with van der Waals surface area (Å²) < 4.78 is 18.1. The summed E-state index contributed by atoms with van der Waals surface area (Å²) in [5, 5.41) is 6.59. The lowest BCUT2D eigenvalue weighted by atomic mass is 10.1. The van der Waals surface area contributed by atoms with Crippen LogP contribution in [0.15, 0.2) is 59.4 Å². The summed E-state index contributed by atoms with van der Waals surface area (Å²) in [6.45, 7) is 0. The highest BCUT2D eigenvalue weighted by atomic mass is 19.1. The fourth-order valence-corrected chi connectivity index (χ4v) is 1.95. The van der Waals surface area contributed by atoms with E-state index in [2.05, 4.69) is 15.5 Å². The molecule has 0 spiro atoms. The number of amides is 1. The van der Waals surface area contributed by atoms with Crippen molar-refractivity contribution in [3.05, 3.63) is 66.4 Å². The maximum absolute atomic E-state index is 12.9. The number of benzene rings is 1. The van der Waals surface area contributed by atoms with E-state index < -0.39 is 0 Å². The van der Waals surface area contributed by atoms with Crippen molar-refractivity contribution in [2.24, 2.45) is 0 Å². The molecule has 0 aliphatic carbocycles. The van der Waals surface area contributed by atoms with Crippen LogP contribution < -0.4 is 5.32 Å². The molecule has 110 valence electrons. The lowest BCUT2D eigenvalue weighted by Gasteiger charge is -2.02. The van der Waals surface area contributed by atoms with Crippen molar-refractivity contribution in [2.45, 2.75) is 6.42 Å². The molecule has 0 bridgehead atoms. The molecule has 0 fully saturated rings. The monoisotopic (exact) mass is 297 g/mol. The van der Waals surface area contributed by atoms with E-state index in [-0.39, 0.29) is 18.1 Å². The van der Waals surface area contributed by atoms with Crippen LogP contribution in [0.4, 0.5) is 10.1 Å². The van der Waals surface area contributed by atoms with Crippen molar-refractivity contribution in [3.8, 4) is 11.3 Å². The maximum atomic E-state index is 12.9. The summed E-state index contributed by atoms with van der Waals surface area (Å²) in [4.78, 5) is 15.8. The minimum Gasteiger partial charge on any atom is -0.356 e. The zero-order valence-electron chi connectivity index (χ0n) is 11.5. The number of carbonyl (C=O) groups is 1. The van der Waals surface area contributed by atoms with Gasteiger partial charge >= 0.3 is 0 Å². The molecule has 6 heteroatoms. The van der Waals surface area contributed by atoms with Crippen molar-refractivity contribution in [1.29, 1.82) is 0 Å². The molecule has 3 rings (SSSR count). The van der Waals surface area contributed by atoms with Gasteiger partial charge in [-0.05, 0) is 36.4 Å². The van der Waals surface area contributed by atoms with Crippen molar-refractivity contribution < 1.29 is 13.7 Å². The van der Waals surface area contributed by atoms with Crippen LogP contribution in [0.3, 0.4) is 0 Å². The van der Waals surface area contributed by atoms with Crippen molar-refractivity contribution in [3.63, 3.8) is 0 Å². The van der Waals surface area contributed by atoms with Gasteiger partial charge in [0.25, 0.3) is 0 Å². The van der Waals surface area contributed by atoms with Crippen LogP contribution in [0.2, 0.25) is 0 Å². The normalized spacial score (nSPS) is 10.4. The quantitative estimate of drug-likeness (QED) is 0.803. The largest absolute Gasteiger partial charge is 0.356 e. The molecule has 0 aliphatic rings. The highest BCUT2D eigenvalue weighted by Gasteiger charge is 2.11. The number of halogens is 1. The highest BCUT2D eigenvalue weighted by molar-refractivity contribution is 5.92. The molecule has 22 heavy (non-hydrogen) atoms. The van der Waals surface area contributed by atoms with Crippen LogP contribution in [-0.4, -0.2) is 16.0 Å². The summed E-state index contributed by atoms with van der Waals surface area (Å²) in [5.41, 5.74) is 1.88. The Bertz CT molecular complexity index is 770. The van der Waals surface area contributed by atoms with E-state index in [0.29, 0.717) is 22.7 Å². The first kappa shape index (κ1) is 13.9. The van der Waals surface area contributed by atoms with Gasteiger partial charge in [-0.1, -0.05) is 5.16 Å². The molecule has 0 saturated carbocycles. The number of anilines is 1. The van der Waals surface area contributed by atoms with Crippen LogP contribution in [0.25, 0.3) is 11.3 Å². The van der Waals surface area contributed by atoms with Crippen LogP contribution in [-0.2, 0) is 11.2 Å². The Balaban J connectivity index is 1.66. The molecule has 3 aromatic rings. The number of carbonyl (C=O) groups excluding carboxylic acids is 1. The number of nitrogens with zero attached hydrogens (tertiary/aromatic N) is 2. The highest BCUT2D eigenvalue weighted by Crippen LogP contribution is 2.20. The van der Waals surface area contributed by atoms with E-state index in [9.17, 15) is 9.18 Å². The smallest absolute Gasteiger partial charge is 0.230 e. The lowest BCUT2D eigenvalue weighted by Crippen LogP contribution is -2.14. The molecule has 2 heterocycles. The Hall–Kier alpha value is -3.02. The Kier molecular flexibility index (Phi) is 3.91. The van der Waals surface area contributed by atoms with Crippen LogP contribution in [0.5, 0.6) is 0 Å². The van der Waals surface area contributed by atoms with Crippen LogP contribution >= 0.6 is 0 Å². The number of hydrogen-bond acceptors (Lipinski definition) is 4. The number of aromatic nitrogens is 2. The predicted molar refractivity (Wildman–Crippen MR) is 78.5 cm³/mol. The molecule has 1 N–H and O–H groups in total. The average molecular weight is 297 g/mol. The van der Waals surface area contributed by atoms with Gasteiger partial charge in [-0.25, -0.2) is 4.39 Å². The van der Waals surface area contributed by atoms with Crippen LogP contribution in [0.1, 0.15) is 5.69 Å². The second-order valence-electron chi connectivity index (χ2n) is 4.65. The zero-order chi connectivity index (χ0) is 15.4. The van der Waals surface area contributed by atoms with E-state index in [4.69, 9.17) is 4.52 Å². The zero-order valence-corrected chi connectivity index (χ0v) is 11.5. The minimum atomic E-state index is -0.319. The Morgan fingerprint density at radius 1 is 1.14 bits per heavy atom. The Morgan fingerprint density at radius 3 is 2.59 bits per heavy atom. The standard InChI is InChI=1S/C16H12FN3O2/c17-12-3-1-11(2-4-12)15-9-14(20-22-15)10-16(21)19-13-5-7-18-8-6-13/h1-9H,10H2,(H,18,19,21). The molecule has 0 atom stereocenters. The molecule has 5 nitrogen and oxygen atoms in total. The van der Waals surface area contributed by atoms with Gasteiger partial charge in [0.15, 0.2) is 5.76 Å². The van der Waals surface area contributed by atoms with Crippen molar-refractivity contribution in [1.82, 2.24) is 10.1 Å². The summed E-state index contributed by atoms with van der Waals surface area (Å²) >= 11 is 0. The topological polar surface area (TPSA) is 68.0 Å². The minimum absolute atomic E-state index is 0.0903. The van der Waals surface area contributed by atoms with E-state index in [1.54, 1.807) is 42.7 Å². The fourth-order valence-electron chi connectivity index (χ4n) is 1.95. The first-order valence-electron chi connectivity index (χ1n) is 6.62. The van der Waals surface area contributed by atoms with Gasteiger partial charge in [0, 0.05) is 29.7 Å². The van der Waals surface area contributed by atoms with E-state index in [1.807, 2.05) is 0 Å². The SMILES string of the molecule is O=C(Cc1cc(-c2ccc(F)cc2)on1)Nc1ccncc1. The van der Waals surface area contributed by atoms with Gasteiger partial charge in [0.2, 0.25) is 5.91 Å². The first-order valence-corrected chi connectivity index (χ1v) is 6.62. The van der Waals surface area contributed by atoms with Gasteiger partial charge in [0.1, 0.15) is 5.82 Å². The predicted octanol–water partition coefficient (Wildman–Crippen LogP) is 3.06. The van der Waals surface area contributed by atoms with Gasteiger partial charge in [-0.2, -0.15) is 0 Å². The Morgan fingerprint density at radius 2 is 1.86 bits per heavy atom. The fraction of sp³-hybridized carbons (Fsp3) is 0.0625.